The van der Waals surface area contributed by atoms with E-state index in [4.69, 9.17) is 4.98 Å². The van der Waals surface area contributed by atoms with Crippen molar-refractivity contribution in [2.75, 3.05) is 0 Å². The van der Waals surface area contributed by atoms with Gasteiger partial charge in [-0.15, -0.1) is 0 Å². The second kappa shape index (κ2) is 6.27. The molecule has 0 saturated carbocycles. The van der Waals surface area contributed by atoms with Gasteiger partial charge in [-0.1, -0.05) is 0 Å². The molecule has 0 aliphatic carbocycles. The molecule has 4 heteroatoms. The zero-order valence-corrected chi connectivity index (χ0v) is 18.1. The van der Waals surface area contributed by atoms with Crippen molar-refractivity contribution in [3.05, 3.63) is 79.0 Å². The number of nitrogens with zero attached hydrogens (tertiary/aromatic N) is 2. The predicted octanol–water partition coefficient (Wildman–Crippen LogP) is 4.61. The molecule has 0 saturated heterocycles. The maximum atomic E-state index is 4.84. The van der Waals surface area contributed by atoms with Gasteiger partial charge in [0.2, 0.25) is 0 Å². The van der Waals surface area contributed by atoms with E-state index in [-0.39, 0.29) is 13.1 Å². The van der Waals surface area contributed by atoms with Crippen LogP contribution >= 0.6 is 0 Å². The summed E-state index contributed by atoms with van der Waals surface area (Å²) in [6, 6.07) is 26.2. The van der Waals surface area contributed by atoms with Gasteiger partial charge >= 0.3 is 175 Å². The molecule has 2 nitrogen and oxygen atoms in total. The van der Waals surface area contributed by atoms with Gasteiger partial charge in [-0.2, -0.15) is 0 Å². The summed E-state index contributed by atoms with van der Waals surface area (Å²) in [4.78, 5) is 9.47. The fourth-order valence-corrected chi connectivity index (χ4v) is 5.79. The van der Waals surface area contributed by atoms with E-state index in [1.165, 1.54) is 43.1 Å². The summed E-state index contributed by atoms with van der Waals surface area (Å²) in [6.45, 7) is 0. The average Bonchev–Trinajstić information content (AvgIpc) is 2.76. The third-order valence-electron chi connectivity index (χ3n) is 5.44. The zero-order chi connectivity index (χ0) is 18.7. The molecule has 6 aromatic rings. The van der Waals surface area contributed by atoms with Crippen LogP contribution in [0.2, 0.25) is 0 Å². The van der Waals surface area contributed by atoms with E-state index in [0.29, 0.717) is 0 Å². The Labute approximate surface area is 174 Å². The fraction of sp³-hybridized carbons (Fsp3) is 0. The summed E-state index contributed by atoms with van der Waals surface area (Å²) in [7, 11) is 0. The van der Waals surface area contributed by atoms with E-state index in [1.54, 1.807) is 0 Å². The Morgan fingerprint density at radius 2 is 1.54 bits per heavy atom. The molecule has 0 aliphatic heterocycles. The van der Waals surface area contributed by atoms with Crippen LogP contribution in [0.25, 0.3) is 54.5 Å². The number of fused-ring (bicyclic) bond motifs is 2. The summed E-state index contributed by atoms with van der Waals surface area (Å²) in [6.07, 6.45) is 1.87. The normalized spacial score (nSPS) is 11.9. The number of rotatable bonds is 2. The predicted molar refractivity (Wildman–Crippen MR) is 120 cm³/mol. The first-order valence-corrected chi connectivity index (χ1v) is 14.2. The molecule has 0 amide bonds. The first-order chi connectivity index (χ1) is 13.8. The molecule has 131 valence electrons. The Morgan fingerprint density at radius 1 is 0.679 bits per heavy atom. The van der Waals surface area contributed by atoms with Gasteiger partial charge in [-0.05, 0) is 0 Å². The van der Waals surface area contributed by atoms with Crippen LogP contribution in [0, 0.1) is 0 Å². The quantitative estimate of drug-likeness (QED) is 0.203. The van der Waals surface area contributed by atoms with Gasteiger partial charge in [0.25, 0.3) is 0 Å². The minimum absolute atomic E-state index is 0.226. The van der Waals surface area contributed by atoms with Gasteiger partial charge < -0.3 is 0 Å². The number of aromatic nitrogens is 2. The van der Waals surface area contributed by atoms with E-state index in [2.05, 4.69) is 85.9 Å². The van der Waals surface area contributed by atoms with Crippen LogP contribution in [0.15, 0.2) is 79.0 Å². The fourth-order valence-electron chi connectivity index (χ4n) is 4.28. The first kappa shape index (κ1) is 16.5. The number of benzene rings is 5. The van der Waals surface area contributed by atoms with E-state index < -0.39 is 0 Å². The number of hydrogen-bond acceptors (Lipinski definition) is 2. The van der Waals surface area contributed by atoms with Gasteiger partial charge in [-0.3, -0.25) is 0 Å². The second-order valence-electron chi connectivity index (χ2n) is 6.94. The van der Waals surface area contributed by atoms with Gasteiger partial charge in [0.1, 0.15) is 0 Å². The van der Waals surface area contributed by atoms with Gasteiger partial charge in [0, 0.05) is 0 Å². The molecule has 0 atom stereocenters. The SMILES string of the molecule is [Se][Se]c1ccnc(-c2cc3cccc4ccc5c6ccccc6cc2c5c43)n1. The molecule has 0 spiro atoms. The molecule has 1 radical (unpaired) electrons. The van der Waals surface area contributed by atoms with Crippen LogP contribution in [-0.2, 0) is 0 Å². The Hall–Kier alpha value is -2.48. The van der Waals surface area contributed by atoms with Crippen molar-refractivity contribution < 1.29 is 0 Å². The van der Waals surface area contributed by atoms with E-state index in [1.807, 2.05) is 12.3 Å². The topological polar surface area (TPSA) is 25.8 Å². The van der Waals surface area contributed by atoms with E-state index in [9.17, 15) is 0 Å². The molecule has 0 aliphatic rings. The molecule has 28 heavy (non-hydrogen) atoms. The van der Waals surface area contributed by atoms with Crippen molar-refractivity contribution in [3.8, 4) is 11.4 Å². The summed E-state index contributed by atoms with van der Waals surface area (Å²) in [5.74, 6) is 0.803. The summed E-state index contributed by atoms with van der Waals surface area (Å²) < 4.78 is 1.08. The zero-order valence-electron chi connectivity index (χ0n) is 14.7. The summed E-state index contributed by atoms with van der Waals surface area (Å²) >= 11 is 3.34. The molecular weight excluding hydrogens is 474 g/mol. The standard InChI is InChI=1S/C24H13N2Se2/c27-28-21-10-11-25-24(26-21)20-13-16-6-3-5-14-8-9-18-17-7-2-1-4-15(17)12-19(20)23(18)22(14)16/h1-13H. The molecule has 5 aromatic carbocycles. The Kier molecular flexibility index (Phi) is 3.69. The van der Waals surface area contributed by atoms with Crippen molar-refractivity contribution in [1.29, 1.82) is 0 Å². The maximum absolute atomic E-state index is 4.84. The average molecular weight is 487 g/mol. The third kappa shape index (κ3) is 2.33. The Balaban J connectivity index is 1.88. The molecule has 1 heterocycles. The molecule has 0 unspecified atom stereocenters. The molecule has 6 rings (SSSR count). The van der Waals surface area contributed by atoms with Crippen LogP contribution < -0.4 is 4.59 Å². The second-order valence-corrected chi connectivity index (χ2v) is 9.98. The first-order valence-electron chi connectivity index (χ1n) is 9.06. The van der Waals surface area contributed by atoms with Crippen molar-refractivity contribution in [2.24, 2.45) is 0 Å². The van der Waals surface area contributed by atoms with Crippen LogP contribution in [0.3, 0.4) is 0 Å². The monoisotopic (exact) mass is 489 g/mol. The summed E-state index contributed by atoms with van der Waals surface area (Å²) in [5.41, 5.74) is 1.10. The van der Waals surface area contributed by atoms with Crippen LogP contribution in [0.4, 0.5) is 0 Å². The van der Waals surface area contributed by atoms with Gasteiger partial charge in [0.05, 0.1) is 0 Å². The number of hydrogen-bond donors (Lipinski definition) is 0. The van der Waals surface area contributed by atoms with Crippen molar-refractivity contribution >= 4 is 75.0 Å². The van der Waals surface area contributed by atoms with Crippen LogP contribution in [0.5, 0.6) is 0 Å². The van der Waals surface area contributed by atoms with Crippen molar-refractivity contribution in [1.82, 2.24) is 9.97 Å². The van der Waals surface area contributed by atoms with E-state index in [0.717, 1.165) is 16.0 Å². The van der Waals surface area contributed by atoms with Crippen molar-refractivity contribution in [2.45, 2.75) is 0 Å². The van der Waals surface area contributed by atoms with Gasteiger partial charge in [-0.25, -0.2) is 0 Å². The molecule has 0 N–H and O–H groups in total. The van der Waals surface area contributed by atoms with Crippen LogP contribution in [-0.4, -0.2) is 37.3 Å². The molecular formula is C24H13N2Se2. The van der Waals surface area contributed by atoms with Gasteiger partial charge in [0.15, 0.2) is 0 Å². The van der Waals surface area contributed by atoms with E-state index >= 15 is 0 Å². The Morgan fingerprint density at radius 3 is 2.46 bits per heavy atom. The summed E-state index contributed by atoms with van der Waals surface area (Å²) in [5, 5.41) is 10.2. The Bertz CT molecular complexity index is 1510. The minimum atomic E-state index is 0.226. The molecule has 1 aromatic heterocycles. The van der Waals surface area contributed by atoms with Crippen LogP contribution in [0.1, 0.15) is 0 Å². The van der Waals surface area contributed by atoms with Crippen molar-refractivity contribution in [3.63, 3.8) is 0 Å². The molecule has 0 bridgehead atoms. The molecule has 0 fully saturated rings. The third-order valence-corrected chi connectivity index (χ3v) is 8.14.